The molecule has 3 nitrogen and oxygen atoms in total. The first-order valence-corrected chi connectivity index (χ1v) is 6.92. The maximum Gasteiger partial charge on any atom is 0.165 e. The molecule has 2 unspecified atom stereocenters. The summed E-state index contributed by atoms with van der Waals surface area (Å²) < 4.78 is 18.6. The Morgan fingerprint density at radius 1 is 1.47 bits per heavy atom. The van der Waals surface area contributed by atoms with E-state index in [-0.39, 0.29) is 5.82 Å². The standard InChI is InChI=1S/C15H23FN2O/c1-11-4-3-7-18(14(11)9-17)10-12-5-6-15(19-2)13(16)8-12/h5-6,8,11,14H,3-4,7,9-10,17H2,1-2H3. The van der Waals surface area contributed by atoms with Crippen molar-refractivity contribution in [1.29, 1.82) is 0 Å². The van der Waals surface area contributed by atoms with Crippen LogP contribution in [-0.4, -0.2) is 31.1 Å². The van der Waals surface area contributed by atoms with E-state index in [1.807, 2.05) is 6.07 Å². The summed E-state index contributed by atoms with van der Waals surface area (Å²) in [6.07, 6.45) is 2.42. The molecule has 0 aliphatic carbocycles. The van der Waals surface area contributed by atoms with Crippen LogP contribution in [0.3, 0.4) is 0 Å². The second-order valence-corrected chi connectivity index (χ2v) is 5.36. The molecular weight excluding hydrogens is 243 g/mol. The fourth-order valence-electron chi connectivity index (χ4n) is 2.95. The summed E-state index contributed by atoms with van der Waals surface area (Å²) in [5.41, 5.74) is 6.86. The Morgan fingerprint density at radius 3 is 2.89 bits per heavy atom. The summed E-state index contributed by atoms with van der Waals surface area (Å²) in [4.78, 5) is 2.37. The van der Waals surface area contributed by atoms with Crippen LogP contribution in [0.1, 0.15) is 25.3 Å². The molecule has 1 aromatic carbocycles. The number of likely N-dealkylation sites (tertiary alicyclic amines) is 1. The van der Waals surface area contributed by atoms with Crippen LogP contribution in [0.25, 0.3) is 0 Å². The van der Waals surface area contributed by atoms with Gasteiger partial charge in [0.05, 0.1) is 7.11 Å². The highest BCUT2D eigenvalue weighted by Gasteiger charge is 2.27. The van der Waals surface area contributed by atoms with Gasteiger partial charge in [-0.25, -0.2) is 4.39 Å². The first-order valence-electron chi connectivity index (χ1n) is 6.92. The second kappa shape index (κ2) is 6.35. The van der Waals surface area contributed by atoms with Crippen LogP contribution in [-0.2, 0) is 6.54 Å². The number of nitrogens with zero attached hydrogens (tertiary/aromatic N) is 1. The van der Waals surface area contributed by atoms with E-state index in [0.29, 0.717) is 24.3 Å². The summed E-state index contributed by atoms with van der Waals surface area (Å²) in [6.45, 7) is 4.71. The molecule has 1 aromatic rings. The molecule has 2 atom stereocenters. The zero-order valence-corrected chi connectivity index (χ0v) is 11.7. The minimum atomic E-state index is -0.297. The van der Waals surface area contributed by atoms with Gasteiger partial charge in [-0.2, -0.15) is 0 Å². The minimum Gasteiger partial charge on any atom is -0.494 e. The number of nitrogens with two attached hydrogens (primary N) is 1. The van der Waals surface area contributed by atoms with Crippen LogP contribution in [0, 0.1) is 11.7 Å². The van der Waals surface area contributed by atoms with E-state index in [2.05, 4.69) is 11.8 Å². The predicted molar refractivity (Wildman–Crippen MR) is 74.6 cm³/mol. The average Bonchev–Trinajstić information content (AvgIpc) is 2.39. The van der Waals surface area contributed by atoms with Crippen LogP contribution in [0.5, 0.6) is 5.75 Å². The predicted octanol–water partition coefficient (Wildman–Crippen LogP) is 2.39. The van der Waals surface area contributed by atoms with Gasteiger partial charge in [0.2, 0.25) is 0 Å². The number of piperidine rings is 1. The summed E-state index contributed by atoms with van der Waals surface area (Å²) in [7, 11) is 1.48. The van der Waals surface area contributed by atoms with Gasteiger partial charge in [0.15, 0.2) is 11.6 Å². The molecule has 1 heterocycles. The lowest BCUT2D eigenvalue weighted by Gasteiger charge is -2.39. The maximum atomic E-state index is 13.7. The van der Waals surface area contributed by atoms with E-state index in [0.717, 1.165) is 18.7 Å². The van der Waals surface area contributed by atoms with Gasteiger partial charge in [-0.3, -0.25) is 4.90 Å². The third-order valence-corrected chi connectivity index (χ3v) is 4.07. The molecule has 106 valence electrons. The largest absolute Gasteiger partial charge is 0.494 e. The number of hydrogen-bond acceptors (Lipinski definition) is 3. The van der Waals surface area contributed by atoms with Crippen molar-refractivity contribution in [2.45, 2.75) is 32.4 Å². The Kier molecular flexibility index (Phi) is 4.77. The Balaban J connectivity index is 2.09. The highest BCUT2D eigenvalue weighted by Crippen LogP contribution is 2.25. The van der Waals surface area contributed by atoms with Gasteiger partial charge in [-0.05, 0) is 43.0 Å². The third-order valence-electron chi connectivity index (χ3n) is 4.07. The number of methoxy groups -OCH3 is 1. The van der Waals surface area contributed by atoms with Crippen molar-refractivity contribution in [3.8, 4) is 5.75 Å². The van der Waals surface area contributed by atoms with Crippen LogP contribution >= 0.6 is 0 Å². The molecule has 0 spiro atoms. The lowest BCUT2D eigenvalue weighted by molar-refractivity contribution is 0.0989. The molecule has 0 aromatic heterocycles. The van der Waals surface area contributed by atoms with E-state index in [1.54, 1.807) is 12.1 Å². The Hall–Kier alpha value is -1.13. The summed E-state index contributed by atoms with van der Waals surface area (Å²) in [5.74, 6) is 0.613. The molecular formula is C15H23FN2O. The zero-order valence-electron chi connectivity index (χ0n) is 11.7. The number of ether oxygens (including phenoxy) is 1. The van der Waals surface area contributed by atoms with E-state index in [1.165, 1.54) is 20.0 Å². The molecule has 1 aliphatic rings. The van der Waals surface area contributed by atoms with Gasteiger partial charge < -0.3 is 10.5 Å². The molecule has 1 saturated heterocycles. The van der Waals surface area contributed by atoms with Crippen molar-refractivity contribution in [2.24, 2.45) is 11.7 Å². The lowest BCUT2D eigenvalue weighted by atomic mass is 9.90. The average molecular weight is 266 g/mol. The molecule has 0 radical (unpaired) electrons. The van der Waals surface area contributed by atoms with Gasteiger partial charge >= 0.3 is 0 Å². The fraction of sp³-hybridized carbons (Fsp3) is 0.600. The number of rotatable bonds is 4. The van der Waals surface area contributed by atoms with Crippen LogP contribution < -0.4 is 10.5 Å². The molecule has 0 bridgehead atoms. The number of benzene rings is 1. The van der Waals surface area contributed by atoms with E-state index >= 15 is 0 Å². The van der Waals surface area contributed by atoms with Crippen molar-refractivity contribution in [3.05, 3.63) is 29.6 Å². The Morgan fingerprint density at radius 2 is 2.26 bits per heavy atom. The zero-order chi connectivity index (χ0) is 13.8. The van der Waals surface area contributed by atoms with Crippen molar-refractivity contribution in [1.82, 2.24) is 4.90 Å². The highest BCUT2D eigenvalue weighted by molar-refractivity contribution is 5.29. The molecule has 1 fully saturated rings. The summed E-state index contributed by atoms with van der Waals surface area (Å²) >= 11 is 0. The van der Waals surface area contributed by atoms with Gasteiger partial charge in [0.1, 0.15) is 0 Å². The van der Waals surface area contributed by atoms with Crippen molar-refractivity contribution >= 4 is 0 Å². The first kappa shape index (κ1) is 14.3. The molecule has 2 N–H and O–H groups in total. The summed E-state index contributed by atoms with van der Waals surface area (Å²) in [6, 6.07) is 5.58. The molecule has 19 heavy (non-hydrogen) atoms. The maximum absolute atomic E-state index is 13.7. The van der Waals surface area contributed by atoms with Crippen molar-refractivity contribution in [3.63, 3.8) is 0 Å². The number of halogens is 1. The van der Waals surface area contributed by atoms with E-state index in [4.69, 9.17) is 10.5 Å². The van der Waals surface area contributed by atoms with Crippen molar-refractivity contribution in [2.75, 3.05) is 20.2 Å². The fourth-order valence-corrected chi connectivity index (χ4v) is 2.95. The monoisotopic (exact) mass is 266 g/mol. The van der Waals surface area contributed by atoms with E-state index in [9.17, 15) is 4.39 Å². The molecule has 0 amide bonds. The third kappa shape index (κ3) is 3.25. The van der Waals surface area contributed by atoms with Crippen LogP contribution in [0.2, 0.25) is 0 Å². The molecule has 2 rings (SSSR count). The lowest BCUT2D eigenvalue weighted by Crippen LogP contribution is -2.48. The second-order valence-electron chi connectivity index (χ2n) is 5.36. The Bertz CT molecular complexity index is 425. The van der Waals surface area contributed by atoms with Gasteiger partial charge in [-0.15, -0.1) is 0 Å². The van der Waals surface area contributed by atoms with Gasteiger partial charge in [0, 0.05) is 19.1 Å². The highest BCUT2D eigenvalue weighted by atomic mass is 19.1. The summed E-state index contributed by atoms with van der Waals surface area (Å²) in [5, 5.41) is 0. The van der Waals surface area contributed by atoms with Gasteiger partial charge in [0.25, 0.3) is 0 Å². The Labute approximate surface area is 114 Å². The molecule has 4 heteroatoms. The van der Waals surface area contributed by atoms with Crippen LogP contribution in [0.15, 0.2) is 18.2 Å². The first-order chi connectivity index (χ1) is 9.15. The SMILES string of the molecule is COc1ccc(CN2CCCC(C)C2CN)cc1F. The smallest absolute Gasteiger partial charge is 0.165 e. The van der Waals surface area contributed by atoms with Crippen LogP contribution in [0.4, 0.5) is 4.39 Å². The van der Waals surface area contributed by atoms with Crippen molar-refractivity contribution < 1.29 is 9.13 Å². The van der Waals surface area contributed by atoms with Gasteiger partial charge in [-0.1, -0.05) is 13.0 Å². The topological polar surface area (TPSA) is 38.5 Å². The quantitative estimate of drug-likeness (QED) is 0.909. The minimum absolute atomic E-state index is 0.297. The normalized spacial score (nSPS) is 24.4. The van der Waals surface area contributed by atoms with E-state index < -0.39 is 0 Å². The number of hydrogen-bond donors (Lipinski definition) is 1. The molecule has 1 aliphatic heterocycles. The molecule has 0 saturated carbocycles.